The van der Waals surface area contributed by atoms with E-state index in [1.807, 2.05) is 12.1 Å². The van der Waals surface area contributed by atoms with E-state index in [0.717, 1.165) is 15.9 Å². The minimum atomic E-state index is 0. The number of benzene rings is 2. The van der Waals surface area contributed by atoms with Crippen LogP contribution in [0.1, 0.15) is 86.0 Å². The van der Waals surface area contributed by atoms with Gasteiger partial charge < -0.3 is 5.73 Å². The van der Waals surface area contributed by atoms with Crippen molar-refractivity contribution >= 4 is 9.52 Å². The van der Waals surface area contributed by atoms with Crippen molar-refractivity contribution in [3.8, 4) is 11.1 Å². The van der Waals surface area contributed by atoms with Gasteiger partial charge in [0.05, 0.1) is 0 Å². The summed E-state index contributed by atoms with van der Waals surface area (Å²) in [5, 5.41) is 0. The first-order chi connectivity index (χ1) is 16.9. The van der Waals surface area contributed by atoms with Gasteiger partial charge in [-0.25, -0.2) is 5.57 Å². The van der Waals surface area contributed by atoms with Crippen molar-refractivity contribution in [3.05, 3.63) is 89.2 Å². The van der Waals surface area contributed by atoms with Crippen molar-refractivity contribution in [3.63, 3.8) is 0 Å². The maximum absolute atomic E-state index is 6.95. The van der Waals surface area contributed by atoms with Gasteiger partial charge >= 0.3 is 21.7 Å². The molecule has 197 valence electrons. The first kappa shape index (κ1) is 37.0. The Morgan fingerprint density at radius 2 is 1.11 bits per heavy atom. The van der Waals surface area contributed by atoms with Gasteiger partial charge in [0.25, 0.3) is 0 Å². The van der Waals surface area contributed by atoms with E-state index in [9.17, 15) is 0 Å². The van der Waals surface area contributed by atoms with Gasteiger partial charge in [-0.2, -0.15) is 17.7 Å². The van der Waals surface area contributed by atoms with Crippen molar-refractivity contribution in [1.29, 1.82) is 0 Å². The molecule has 0 amide bonds. The van der Waals surface area contributed by atoms with Crippen LogP contribution in [-0.4, -0.2) is 16.1 Å². The Hall–Kier alpha value is -1.19. The molecule has 36 heavy (non-hydrogen) atoms. The summed E-state index contributed by atoms with van der Waals surface area (Å²) in [6, 6.07) is 20.8. The fraction of sp³-hybridized carbons (Fsp3) is 0.515. The third-order valence-corrected chi connectivity index (χ3v) is 6.15. The first-order valence-electron chi connectivity index (χ1n) is 13.7. The number of hydrogen-bond donors (Lipinski definition) is 0. The van der Waals surface area contributed by atoms with E-state index in [2.05, 4.69) is 102 Å². The Balaban J connectivity index is 0. The average molecular weight is 539 g/mol. The molecule has 0 aromatic heterocycles. The molecule has 3 rings (SSSR count). The van der Waals surface area contributed by atoms with Gasteiger partial charge in [-0.3, -0.25) is 6.08 Å². The topological polar surface area (TPSA) is 23.8 Å². The monoisotopic (exact) mass is 538 g/mol. The average Bonchev–Trinajstić information content (AvgIpc) is 3.11. The minimum absolute atomic E-state index is 0. The van der Waals surface area contributed by atoms with E-state index in [1.165, 1.54) is 72.8 Å². The normalized spacial score (nSPS) is 13.7. The summed E-state index contributed by atoms with van der Waals surface area (Å²) in [5.74, 6) is 0.560. The molecule has 1 aliphatic rings. The zero-order chi connectivity index (χ0) is 26.3. The van der Waals surface area contributed by atoms with E-state index in [-0.39, 0.29) is 21.7 Å². The predicted molar refractivity (Wildman–Crippen MR) is 163 cm³/mol. The SMILES string of the molecule is CC1=[C-]C(C)C(C)=C1C.CCCCCCCCCC[NH-].C[SiH]C.[Ti+2].c1ccc(-c2ccccc2)cc1. The van der Waals surface area contributed by atoms with Crippen LogP contribution in [0.5, 0.6) is 0 Å². The van der Waals surface area contributed by atoms with Gasteiger partial charge in [-0.05, 0) is 11.1 Å². The van der Waals surface area contributed by atoms with Gasteiger partial charge in [-0.1, -0.05) is 159 Å². The van der Waals surface area contributed by atoms with Gasteiger partial charge in [0.15, 0.2) is 0 Å². The van der Waals surface area contributed by atoms with Gasteiger partial charge in [0.2, 0.25) is 0 Å². The first-order valence-corrected chi connectivity index (χ1v) is 16.0. The summed E-state index contributed by atoms with van der Waals surface area (Å²) in [6.07, 6.45) is 14.0. The number of hydrogen-bond acceptors (Lipinski definition) is 0. The van der Waals surface area contributed by atoms with Gasteiger partial charge in [0, 0.05) is 9.52 Å². The molecular formula is C33H52NSiTi. The van der Waals surface area contributed by atoms with Crippen LogP contribution in [0, 0.1) is 12.0 Å². The molecule has 1 unspecified atom stereocenters. The summed E-state index contributed by atoms with van der Waals surface area (Å²) < 4.78 is 0. The Labute approximate surface area is 242 Å². The molecular weight excluding hydrogens is 486 g/mol. The number of rotatable bonds is 9. The largest absolute Gasteiger partial charge is 2.00 e. The van der Waals surface area contributed by atoms with Crippen molar-refractivity contribution in [2.24, 2.45) is 5.92 Å². The van der Waals surface area contributed by atoms with Gasteiger partial charge in [-0.15, -0.1) is 6.92 Å². The molecule has 0 fully saturated rings. The molecule has 0 saturated heterocycles. The zero-order valence-corrected chi connectivity index (χ0v) is 27.0. The molecule has 2 aromatic carbocycles. The molecule has 1 N–H and O–H groups in total. The summed E-state index contributed by atoms with van der Waals surface area (Å²) in [5.41, 5.74) is 13.7. The van der Waals surface area contributed by atoms with E-state index < -0.39 is 0 Å². The van der Waals surface area contributed by atoms with Crippen LogP contribution in [0.3, 0.4) is 0 Å². The Bertz CT molecular complexity index is 753. The van der Waals surface area contributed by atoms with Crippen molar-refractivity contribution < 1.29 is 21.7 Å². The van der Waals surface area contributed by atoms with Crippen LogP contribution in [0.25, 0.3) is 16.9 Å². The molecule has 3 heteroatoms. The molecule has 0 bridgehead atoms. The van der Waals surface area contributed by atoms with Crippen LogP contribution in [0.2, 0.25) is 13.1 Å². The molecule has 0 heterocycles. The van der Waals surface area contributed by atoms with Gasteiger partial charge in [0.1, 0.15) is 0 Å². The van der Waals surface area contributed by atoms with E-state index in [0.29, 0.717) is 12.5 Å². The molecule has 1 atom stereocenters. The predicted octanol–water partition coefficient (Wildman–Crippen LogP) is 10.8. The third-order valence-electron chi connectivity index (χ3n) is 6.15. The molecule has 1 radical (unpaired) electrons. The van der Waals surface area contributed by atoms with E-state index >= 15 is 0 Å². The van der Waals surface area contributed by atoms with E-state index in [1.54, 1.807) is 0 Å². The Morgan fingerprint density at radius 3 is 1.39 bits per heavy atom. The second-order valence-electron chi connectivity index (χ2n) is 9.33. The molecule has 1 nitrogen and oxygen atoms in total. The second kappa shape index (κ2) is 25.5. The smallest absolute Gasteiger partial charge is 0.677 e. The maximum Gasteiger partial charge on any atom is 2.00 e. The summed E-state index contributed by atoms with van der Waals surface area (Å²) >= 11 is 0. The molecule has 0 spiro atoms. The van der Waals surface area contributed by atoms with Crippen molar-refractivity contribution in [1.82, 2.24) is 0 Å². The van der Waals surface area contributed by atoms with Crippen LogP contribution < -0.4 is 0 Å². The zero-order valence-electron chi connectivity index (χ0n) is 24.3. The Kier molecular flexibility index (Phi) is 26.1. The van der Waals surface area contributed by atoms with Crippen molar-refractivity contribution in [2.75, 3.05) is 6.54 Å². The van der Waals surface area contributed by atoms with Crippen molar-refractivity contribution in [2.45, 2.75) is 99.1 Å². The standard InChI is InChI=1S/C12H10.C10H22N.C9H13.C2H7Si.Ti/c1-3-7-11(8-4-1)12-9-5-2-6-10-12;1-2-3-4-5-6-7-8-9-10-11;1-6-5-7(2)9(4)8(6)3;1-3-2;/h1-10H;11H,2-10H2,1H3;6H,1-4H3;3H,1-2H3;/q;2*-1;;+2. The third kappa shape index (κ3) is 18.1. The second-order valence-corrected chi connectivity index (χ2v) is 10.5. The van der Waals surface area contributed by atoms with Crippen LogP contribution in [0.15, 0.2) is 77.4 Å². The summed E-state index contributed by atoms with van der Waals surface area (Å²) in [6.45, 7) is 16.0. The molecule has 2 aromatic rings. The summed E-state index contributed by atoms with van der Waals surface area (Å²) in [7, 11) is 0.750. The minimum Gasteiger partial charge on any atom is -0.677 e. The fourth-order valence-corrected chi connectivity index (χ4v) is 3.68. The maximum atomic E-state index is 6.95. The molecule has 1 aliphatic carbocycles. The number of nitrogens with one attached hydrogen (secondary N) is 1. The Morgan fingerprint density at radius 1 is 0.722 bits per heavy atom. The fourth-order valence-electron chi connectivity index (χ4n) is 3.68. The molecule has 0 saturated carbocycles. The van der Waals surface area contributed by atoms with Crippen LogP contribution in [-0.2, 0) is 21.7 Å². The molecule has 0 aliphatic heterocycles. The van der Waals surface area contributed by atoms with Crippen LogP contribution >= 0.6 is 0 Å². The van der Waals surface area contributed by atoms with E-state index in [4.69, 9.17) is 5.73 Å². The number of unbranched alkanes of at least 4 members (excludes halogenated alkanes) is 7. The number of allylic oxidation sites excluding steroid dienone is 4. The summed E-state index contributed by atoms with van der Waals surface area (Å²) in [4.78, 5) is 0. The van der Waals surface area contributed by atoms with Crippen LogP contribution in [0.4, 0.5) is 0 Å². The quantitative estimate of drug-likeness (QED) is 0.172.